The maximum atomic E-state index is 9.62. The summed E-state index contributed by atoms with van der Waals surface area (Å²) in [6.07, 6.45) is 0. The molecule has 1 N–H and O–H groups in total. The number of fused-ring (bicyclic) bond motifs is 1. The van der Waals surface area contributed by atoms with Crippen molar-refractivity contribution < 1.29 is 9.84 Å². The molecule has 0 saturated carbocycles. The van der Waals surface area contributed by atoms with Crippen molar-refractivity contribution in [2.45, 2.75) is 0 Å². The molecule has 0 aliphatic heterocycles. The maximum absolute atomic E-state index is 9.62. The number of methoxy groups -OCH3 is 1. The Kier molecular flexibility index (Phi) is 2.33. The number of phenolic OH excluding ortho intramolecular Hbond substituents is 1. The Bertz CT molecular complexity index is 450. The number of ether oxygens (including phenoxy) is 1. The van der Waals surface area contributed by atoms with Crippen LogP contribution >= 0.6 is 33.9 Å². The van der Waals surface area contributed by atoms with Crippen LogP contribution in [0.1, 0.15) is 0 Å². The van der Waals surface area contributed by atoms with E-state index < -0.39 is 0 Å². The van der Waals surface area contributed by atoms with Gasteiger partial charge >= 0.3 is 0 Å². The van der Waals surface area contributed by atoms with Gasteiger partial charge < -0.3 is 9.84 Å². The fourth-order valence-corrected chi connectivity index (χ4v) is 2.99. The van der Waals surface area contributed by atoms with E-state index in [1.807, 2.05) is 11.4 Å². The standard InChI is InChI=1S/C9H7IO2S/c1-12-5-2-6-7(10)4-13-9(6)8(11)3-5/h2-4,11H,1H3. The number of benzene rings is 1. The van der Waals surface area contributed by atoms with E-state index in [-0.39, 0.29) is 0 Å². The van der Waals surface area contributed by atoms with Crippen molar-refractivity contribution in [3.8, 4) is 11.5 Å². The molecule has 0 fully saturated rings. The SMILES string of the molecule is COc1cc(O)c2scc(I)c2c1. The molecule has 0 bridgehead atoms. The third-order valence-electron chi connectivity index (χ3n) is 1.82. The van der Waals surface area contributed by atoms with Gasteiger partial charge in [0.1, 0.15) is 11.5 Å². The summed E-state index contributed by atoms with van der Waals surface area (Å²) in [5, 5.41) is 12.7. The molecule has 2 rings (SSSR count). The average molecular weight is 306 g/mol. The minimum atomic E-state index is 0.294. The Hall–Kier alpha value is -0.490. The van der Waals surface area contributed by atoms with Crippen LogP contribution in [-0.2, 0) is 0 Å². The zero-order chi connectivity index (χ0) is 9.42. The van der Waals surface area contributed by atoms with E-state index in [9.17, 15) is 5.11 Å². The van der Waals surface area contributed by atoms with Gasteiger partial charge in [0.2, 0.25) is 0 Å². The minimum absolute atomic E-state index is 0.294. The van der Waals surface area contributed by atoms with Gasteiger partial charge in [0.05, 0.1) is 11.8 Å². The van der Waals surface area contributed by atoms with Crippen LogP contribution in [0.3, 0.4) is 0 Å². The predicted octanol–water partition coefficient (Wildman–Crippen LogP) is 3.22. The fraction of sp³-hybridized carbons (Fsp3) is 0.111. The van der Waals surface area contributed by atoms with Gasteiger partial charge in [-0.3, -0.25) is 0 Å². The van der Waals surface area contributed by atoms with Gasteiger partial charge in [-0.25, -0.2) is 0 Å². The lowest BCUT2D eigenvalue weighted by atomic mass is 10.2. The number of hydrogen-bond acceptors (Lipinski definition) is 3. The predicted molar refractivity (Wildman–Crippen MR) is 62.8 cm³/mol. The van der Waals surface area contributed by atoms with Crippen molar-refractivity contribution in [2.75, 3.05) is 7.11 Å². The van der Waals surface area contributed by atoms with Crippen molar-refractivity contribution in [2.24, 2.45) is 0 Å². The molecule has 68 valence electrons. The first-order valence-corrected chi connectivity index (χ1v) is 5.62. The summed E-state index contributed by atoms with van der Waals surface area (Å²) in [5.41, 5.74) is 0. The highest BCUT2D eigenvalue weighted by atomic mass is 127. The van der Waals surface area contributed by atoms with Gasteiger partial charge in [-0.15, -0.1) is 11.3 Å². The molecule has 0 radical (unpaired) electrons. The fourth-order valence-electron chi connectivity index (χ4n) is 1.18. The molecule has 0 spiro atoms. The molecule has 0 amide bonds. The van der Waals surface area contributed by atoms with E-state index in [1.165, 1.54) is 0 Å². The van der Waals surface area contributed by atoms with Crippen molar-refractivity contribution in [1.82, 2.24) is 0 Å². The molecular formula is C9H7IO2S. The molecule has 13 heavy (non-hydrogen) atoms. The molecule has 0 atom stereocenters. The molecule has 0 aliphatic carbocycles. The summed E-state index contributed by atoms with van der Waals surface area (Å²) in [7, 11) is 1.60. The van der Waals surface area contributed by atoms with E-state index in [0.29, 0.717) is 11.5 Å². The van der Waals surface area contributed by atoms with Gasteiger partial charge in [-0.2, -0.15) is 0 Å². The number of hydrogen-bond donors (Lipinski definition) is 1. The highest BCUT2D eigenvalue weighted by Crippen LogP contribution is 2.37. The lowest BCUT2D eigenvalue weighted by Gasteiger charge is -2.01. The zero-order valence-corrected chi connectivity index (χ0v) is 9.85. The number of aromatic hydroxyl groups is 1. The van der Waals surface area contributed by atoms with Crippen molar-refractivity contribution in [3.05, 3.63) is 21.1 Å². The number of halogens is 1. The van der Waals surface area contributed by atoms with Gasteiger partial charge in [0.15, 0.2) is 0 Å². The third kappa shape index (κ3) is 1.48. The number of rotatable bonds is 1. The summed E-state index contributed by atoms with van der Waals surface area (Å²) in [5.74, 6) is 0.989. The van der Waals surface area contributed by atoms with Crippen LogP contribution in [0.25, 0.3) is 10.1 Å². The summed E-state index contributed by atoms with van der Waals surface area (Å²) >= 11 is 3.79. The second-order valence-electron chi connectivity index (χ2n) is 2.61. The first kappa shape index (κ1) is 9.08. The molecule has 2 aromatic rings. The highest BCUT2D eigenvalue weighted by Gasteiger charge is 2.07. The van der Waals surface area contributed by atoms with Crippen LogP contribution < -0.4 is 4.74 Å². The van der Waals surface area contributed by atoms with Gasteiger partial charge in [-0.05, 0) is 28.7 Å². The van der Waals surface area contributed by atoms with Crippen molar-refractivity contribution in [3.63, 3.8) is 0 Å². The summed E-state index contributed by atoms with van der Waals surface area (Å²) < 4.78 is 7.14. The number of thiophene rings is 1. The summed E-state index contributed by atoms with van der Waals surface area (Å²) in [4.78, 5) is 0. The average Bonchev–Trinajstić information content (AvgIpc) is 2.48. The van der Waals surface area contributed by atoms with Crippen LogP contribution in [0.4, 0.5) is 0 Å². The van der Waals surface area contributed by atoms with E-state index >= 15 is 0 Å². The smallest absolute Gasteiger partial charge is 0.137 e. The Morgan fingerprint density at radius 1 is 1.46 bits per heavy atom. The van der Waals surface area contributed by atoms with Crippen LogP contribution in [-0.4, -0.2) is 12.2 Å². The second-order valence-corrected chi connectivity index (χ2v) is 4.65. The lowest BCUT2D eigenvalue weighted by molar-refractivity contribution is 0.409. The molecule has 0 saturated heterocycles. The largest absolute Gasteiger partial charge is 0.506 e. The normalized spacial score (nSPS) is 10.6. The Balaban J connectivity index is 2.80. The van der Waals surface area contributed by atoms with Crippen LogP contribution in [0, 0.1) is 3.57 Å². The van der Waals surface area contributed by atoms with Crippen LogP contribution in [0.2, 0.25) is 0 Å². The van der Waals surface area contributed by atoms with E-state index in [1.54, 1.807) is 24.5 Å². The Labute approximate surface area is 93.3 Å². The monoisotopic (exact) mass is 306 g/mol. The number of phenols is 1. The minimum Gasteiger partial charge on any atom is -0.506 e. The molecule has 1 aromatic carbocycles. The molecular weight excluding hydrogens is 299 g/mol. The molecule has 2 nitrogen and oxygen atoms in total. The first-order valence-electron chi connectivity index (χ1n) is 3.66. The highest BCUT2D eigenvalue weighted by molar-refractivity contribution is 14.1. The Morgan fingerprint density at radius 3 is 2.92 bits per heavy atom. The van der Waals surface area contributed by atoms with Gasteiger partial charge in [0.25, 0.3) is 0 Å². The van der Waals surface area contributed by atoms with Crippen LogP contribution in [0.5, 0.6) is 11.5 Å². The molecule has 4 heteroatoms. The summed E-state index contributed by atoms with van der Waals surface area (Å²) in [6.45, 7) is 0. The van der Waals surface area contributed by atoms with E-state index in [0.717, 1.165) is 13.7 Å². The lowest BCUT2D eigenvalue weighted by Crippen LogP contribution is -1.81. The molecule has 0 aliphatic rings. The quantitative estimate of drug-likeness (QED) is 0.820. The van der Waals surface area contributed by atoms with Crippen molar-refractivity contribution in [1.29, 1.82) is 0 Å². The first-order chi connectivity index (χ1) is 6.22. The molecule has 0 unspecified atom stereocenters. The van der Waals surface area contributed by atoms with E-state index in [4.69, 9.17) is 4.74 Å². The van der Waals surface area contributed by atoms with Crippen LogP contribution in [0.15, 0.2) is 17.5 Å². The third-order valence-corrected chi connectivity index (χ3v) is 4.15. The molecule has 1 heterocycles. The maximum Gasteiger partial charge on any atom is 0.137 e. The second kappa shape index (κ2) is 3.34. The Morgan fingerprint density at radius 2 is 2.23 bits per heavy atom. The van der Waals surface area contributed by atoms with Crippen molar-refractivity contribution >= 4 is 44.0 Å². The van der Waals surface area contributed by atoms with E-state index in [2.05, 4.69) is 22.6 Å². The van der Waals surface area contributed by atoms with Gasteiger partial charge in [-0.1, -0.05) is 0 Å². The molecule has 1 aromatic heterocycles. The summed E-state index contributed by atoms with van der Waals surface area (Å²) in [6, 6.07) is 3.57. The topological polar surface area (TPSA) is 29.5 Å². The van der Waals surface area contributed by atoms with Gasteiger partial charge in [0, 0.05) is 20.4 Å². The zero-order valence-electron chi connectivity index (χ0n) is 6.87.